The number of halogens is 1. The topological polar surface area (TPSA) is 53.8 Å². The van der Waals surface area contributed by atoms with Gasteiger partial charge in [-0.1, -0.05) is 0 Å². The number of nitrogens with one attached hydrogen (secondary N) is 2. The van der Waals surface area contributed by atoms with Gasteiger partial charge in [0.1, 0.15) is 0 Å². The molecule has 1 aliphatic heterocycles. The van der Waals surface area contributed by atoms with Crippen molar-refractivity contribution >= 4 is 29.9 Å². The Morgan fingerprint density at radius 3 is 2.75 bits per heavy atom. The van der Waals surface area contributed by atoms with E-state index in [1.807, 2.05) is 12.1 Å². The lowest BCUT2D eigenvalue weighted by atomic mass is 10.2. The van der Waals surface area contributed by atoms with Crippen molar-refractivity contribution in [3.63, 3.8) is 0 Å². The van der Waals surface area contributed by atoms with Gasteiger partial charge in [0.15, 0.2) is 5.96 Å². The Labute approximate surface area is 163 Å². The summed E-state index contributed by atoms with van der Waals surface area (Å²) in [6.07, 6.45) is 4.15. The number of aliphatic imine (C=N–C) groups is 1. The molecule has 1 aliphatic rings. The van der Waals surface area contributed by atoms with Crippen LogP contribution in [0.25, 0.3) is 0 Å². The number of hydrogen-bond donors (Lipinski definition) is 2. The lowest BCUT2D eigenvalue weighted by molar-refractivity contribution is -0.0165. The van der Waals surface area contributed by atoms with E-state index in [9.17, 15) is 0 Å². The molecule has 138 valence electrons. The van der Waals surface area contributed by atoms with Crippen molar-refractivity contribution in [3.05, 3.63) is 24.5 Å². The molecule has 1 aromatic heterocycles. The lowest BCUT2D eigenvalue weighted by Gasteiger charge is -2.37. The average molecular weight is 449 g/mol. The summed E-state index contributed by atoms with van der Waals surface area (Å²) < 4.78 is 7.67. The molecule has 6 nitrogen and oxygen atoms in total. The van der Waals surface area contributed by atoms with Gasteiger partial charge in [0.05, 0.1) is 19.8 Å². The Morgan fingerprint density at radius 2 is 2.08 bits per heavy atom. The summed E-state index contributed by atoms with van der Waals surface area (Å²) >= 11 is 0. The zero-order chi connectivity index (χ0) is 16.5. The molecule has 1 saturated heterocycles. The SMILES string of the molecule is CCNC(=NCC(C)N1CCOCC1C)NCCn1cccc1.I. The van der Waals surface area contributed by atoms with E-state index in [2.05, 4.69) is 53.3 Å². The van der Waals surface area contributed by atoms with E-state index in [-0.39, 0.29) is 24.0 Å². The van der Waals surface area contributed by atoms with E-state index < -0.39 is 0 Å². The third kappa shape index (κ3) is 6.98. The van der Waals surface area contributed by atoms with E-state index in [0.29, 0.717) is 12.1 Å². The third-order valence-corrected chi connectivity index (χ3v) is 4.17. The second-order valence-electron chi connectivity index (χ2n) is 6.08. The Balaban J connectivity index is 0.00000288. The van der Waals surface area contributed by atoms with Crippen LogP contribution in [0.3, 0.4) is 0 Å². The highest BCUT2D eigenvalue weighted by molar-refractivity contribution is 14.0. The number of nitrogens with zero attached hydrogens (tertiary/aromatic N) is 3. The molecule has 24 heavy (non-hydrogen) atoms. The minimum Gasteiger partial charge on any atom is -0.379 e. The summed E-state index contributed by atoms with van der Waals surface area (Å²) in [6.45, 7) is 12.7. The smallest absolute Gasteiger partial charge is 0.191 e. The van der Waals surface area contributed by atoms with Crippen molar-refractivity contribution in [3.8, 4) is 0 Å². The lowest BCUT2D eigenvalue weighted by Crippen LogP contribution is -2.49. The minimum absolute atomic E-state index is 0. The Morgan fingerprint density at radius 1 is 1.33 bits per heavy atom. The number of rotatable bonds is 7. The van der Waals surface area contributed by atoms with E-state index in [1.54, 1.807) is 0 Å². The maximum absolute atomic E-state index is 5.51. The van der Waals surface area contributed by atoms with Gasteiger partial charge in [-0.05, 0) is 32.9 Å². The van der Waals surface area contributed by atoms with Crippen molar-refractivity contribution in [2.75, 3.05) is 39.4 Å². The van der Waals surface area contributed by atoms with E-state index in [1.165, 1.54) is 0 Å². The van der Waals surface area contributed by atoms with Crippen molar-refractivity contribution in [1.82, 2.24) is 20.1 Å². The molecule has 0 aliphatic carbocycles. The van der Waals surface area contributed by atoms with Crippen LogP contribution in [0.1, 0.15) is 20.8 Å². The van der Waals surface area contributed by atoms with Gasteiger partial charge in [-0.2, -0.15) is 0 Å². The second-order valence-corrected chi connectivity index (χ2v) is 6.08. The molecule has 0 radical (unpaired) electrons. The molecular weight excluding hydrogens is 417 g/mol. The van der Waals surface area contributed by atoms with Crippen LogP contribution in [0, 0.1) is 0 Å². The van der Waals surface area contributed by atoms with Gasteiger partial charge >= 0.3 is 0 Å². The number of guanidine groups is 1. The molecule has 2 heterocycles. The molecule has 0 spiro atoms. The number of hydrogen-bond acceptors (Lipinski definition) is 3. The number of morpholine rings is 1. The van der Waals surface area contributed by atoms with Crippen LogP contribution in [0.4, 0.5) is 0 Å². The summed E-state index contributed by atoms with van der Waals surface area (Å²) in [4.78, 5) is 7.23. The Kier molecular flexibility index (Phi) is 10.4. The fraction of sp³-hybridized carbons (Fsp3) is 0.706. The molecule has 0 saturated carbocycles. The van der Waals surface area contributed by atoms with Crippen LogP contribution in [-0.4, -0.2) is 66.9 Å². The standard InChI is InChI=1S/C17H31N5O.HI/c1-4-18-17(19-7-10-21-8-5-6-9-21)20-13-15(2)22-11-12-23-14-16(22)3;/h5-6,8-9,15-16H,4,7,10-14H2,1-3H3,(H2,18,19,20);1H. The van der Waals surface area contributed by atoms with Gasteiger partial charge in [-0.3, -0.25) is 9.89 Å². The van der Waals surface area contributed by atoms with Crippen molar-refractivity contribution in [2.24, 2.45) is 4.99 Å². The van der Waals surface area contributed by atoms with Gasteiger partial charge in [-0.15, -0.1) is 24.0 Å². The first-order valence-electron chi connectivity index (χ1n) is 8.67. The van der Waals surface area contributed by atoms with Gasteiger partial charge in [0.25, 0.3) is 0 Å². The fourth-order valence-corrected chi connectivity index (χ4v) is 2.89. The van der Waals surface area contributed by atoms with Crippen LogP contribution in [-0.2, 0) is 11.3 Å². The summed E-state index contributed by atoms with van der Waals surface area (Å²) in [7, 11) is 0. The van der Waals surface area contributed by atoms with Gasteiger partial charge in [0, 0.05) is 50.7 Å². The average Bonchev–Trinajstić information content (AvgIpc) is 3.06. The maximum Gasteiger partial charge on any atom is 0.191 e. The highest BCUT2D eigenvalue weighted by atomic mass is 127. The molecule has 2 atom stereocenters. The number of ether oxygens (including phenoxy) is 1. The molecule has 1 aromatic rings. The van der Waals surface area contributed by atoms with Gasteiger partial charge in [0.2, 0.25) is 0 Å². The molecule has 0 bridgehead atoms. The van der Waals surface area contributed by atoms with E-state index >= 15 is 0 Å². The molecule has 0 amide bonds. The zero-order valence-electron chi connectivity index (χ0n) is 15.1. The molecule has 2 unspecified atom stereocenters. The Hall–Kier alpha value is -0.800. The fourth-order valence-electron chi connectivity index (χ4n) is 2.89. The largest absolute Gasteiger partial charge is 0.379 e. The maximum atomic E-state index is 5.51. The first kappa shape index (κ1) is 21.2. The Bertz CT molecular complexity index is 466. The molecule has 2 N–H and O–H groups in total. The molecule has 2 rings (SSSR count). The zero-order valence-corrected chi connectivity index (χ0v) is 17.4. The van der Waals surface area contributed by atoms with Crippen LogP contribution >= 0.6 is 24.0 Å². The summed E-state index contributed by atoms with van der Waals surface area (Å²) in [5, 5.41) is 6.72. The first-order valence-corrected chi connectivity index (χ1v) is 8.67. The minimum atomic E-state index is 0. The van der Waals surface area contributed by atoms with Crippen molar-refractivity contribution in [2.45, 2.75) is 39.4 Å². The van der Waals surface area contributed by atoms with Crippen molar-refractivity contribution < 1.29 is 4.74 Å². The molecule has 7 heteroatoms. The molecular formula is C17H32IN5O. The molecule has 0 aromatic carbocycles. The third-order valence-electron chi connectivity index (χ3n) is 4.17. The summed E-state index contributed by atoms with van der Waals surface area (Å²) in [5.41, 5.74) is 0. The van der Waals surface area contributed by atoms with Crippen molar-refractivity contribution in [1.29, 1.82) is 0 Å². The van der Waals surface area contributed by atoms with E-state index in [4.69, 9.17) is 9.73 Å². The van der Waals surface area contributed by atoms with Crippen LogP contribution in [0.15, 0.2) is 29.5 Å². The predicted octanol–water partition coefficient (Wildman–Crippen LogP) is 1.77. The summed E-state index contributed by atoms with van der Waals surface area (Å²) in [6, 6.07) is 4.99. The highest BCUT2D eigenvalue weighted by Crippen LogP contribution is 2.10. The van der Waals surface area contributed by atoms with Crippen LogP contribution < -0.4 is 10.6 Å². The normalized spacial score (nSPS) is 20.3. The quantitative estimate of drug-likeness (QED) is 0.379. The monoisotopic (exact) mass is 449 g/mol. The van der Waals surface area contributed by atoms with Crippen LogP contribution in [0.2, 0.25) is 0 Å². The van der Waals surface area contributed by atoms with Crippen LogP contribution in [0.5, 0.6) is 0 Å². The van der Waals surface area contributed by atoms with Gasteiger partial charge in [-0.25, -0.2) is 0 Å². The second kappa shape index (κ2) is 11.7. The first-order chi connectivity index (χ1) is 11.2. The van der Waals surface area contributed by atoms with Gasteiger partial charge < -0.3 is 19.9 Å². The predicted molar refractivity (Wildman–Crippen MR) is 110 cm³/mol. The summed E-state index contributed by atoms with van der Waals surface area (Å²) in [5.74, 6) is 0.896. The highest BCUT2D eigenvalue weighted by Gasteiger charge is 2.23. The van der Waals surface area contributed by atoms with E-state index in [0.717, 1.165) is 51.9 Å². The molecule has 1 fully saturated rings. The number of aromatic nitrogens is 1.